The molecule has 2 N–H and O–H groups in total. The van der Waals surface area contributed by atoms with Crippen molar-refractivity contribution in [3.8, 4) is 0 Å². The Bertz CT molecular complexity index is 393. The monoisotopic (exact) mass is 266 g/mol. The molecule has 1 saturated heterocycles. The van der Waals surface area contributed by atoms with Crippen molar-refractivity contribution in [3.63, 3.8) is 0 Å². The van der Waals surface area contributed by atoms with E-state index in [4.69, 9.17) is 0 Å². The van der Waals surface area contributed by atoms with Gasteiger partial charge in [0.05, 0.1) is 25.2 Å². The zero-order valence-electron chi connectivity index (χ0n) is 11.5. The Kier molecular flexibility index (Phi) is 4.08. The zero-order valence-corrected chi connectivity index (χ0v) is 11.5. The minimum absolute atomic E-state index is 0.0990. The normalized spacial score (nSPS) is 29.5. The van der Waals surface area contributed by atoms with Crippen molar-refractivity contribution in [1.29, 1.82) is 0 Å². The Hall–Kier alpha value is -1.01. The highest BCUT2D eigenvalue weighted by molar-refractivity contribution is 4.83. The molecule has 2 fully saturated rings. The van der Waals surface area contributed by atoms with E-state index in [-0.39, 0.29) is 6.10 Å². The minimum atomic E-state index is -0.0990. The molecule has 1 aliphatic carbocycles. The Morgan fingerprint density at radius 2 is 1.84 bits per heavy atom. The fourth-order valence-corrected chi connectivity index (χ4v) is 3.35. The van der Waals surface area contributed by atoms with Crippen LogP contribution in [-0.4, -0.2) is 44.5 Å². The van der Waals surface area contributed by atoms with E-state index < -0.39 is 0 Å². The third kappa shape index (κ3) is 3.12. The number of tetrazole rings is 1. The molecule has 0 amide bonds. The van der Waals surface area contributed by atoms with Crippen LogP contribution in [-0.2, 0) is 6.54 Å². The first-order valence-electron chi connectivity index (χ1n) is 7.61. The number of nitrogens with one attached hydrogen (secondary N) is 1. The van der Waals surface area contributed by atoms with E-state index in [1.807, 2.05) is 0 Å². The number of aliphatic hydroxyl groups is 1. The van der Waals surface area contributed by atoms with Crippen LogP contribution in [0, 0.1) is 0 Å². The number of likely N-dealkylation sites (tertiary alicyclic amines) is 1. The summed E-state index contributed by atoms with van der Waals surface area (Å²) in [6.07, 6.45) is 8.08. The summed E-state index contributed by atoms with van der Waals surface area (Å²) in [5.74, 6) is 1.03. The summed E-state index contributed by atoms with van der Waals surface area (Å²) in [7, 11) is 0. The number of hydrogen-bond acceptors (Lipinski definition) is 4. The predicted octanol–water partition coefficient (Wildman–Crippen LogP) is -0.282. The topological polar surface area (TPSA) is 68.3 Å². The lowest BCUT2D eigenvalue weighted by Gasteiger charge is -2.27. The van der Waals surface area contributed by atoms with E-state index in [0.29, 0.717) is 6.04 Å². The summed E-state index contributed by atoms with van der Waals surface area (Å²) in [6.45, 7) is 2.95. The third-order valence-electron chi connectivity index (χ3n) is 4.55. The number of rotatable bonds is 3. The summed E-state index contributed by atoms with van der Waals surface area (Å²) < 4.78 is 2.07. The van der Waals surface area contributed by atoms with Crippen LogP contribution in [0.3, 0.4) is 0 Å². The van der Waals surface area contributed by atoms with E-state index in [2.05, 4.69) is 20.2 Å². The summed E-state index contributed by atoms with van der Waals surface area (Å²) in [5.41, 5.74) is 0. The molecule has 1 aromatic heterocycles. The lowest BCUT2D eigenvalue weighted by atomic mass is 9.95. The van der Waals surface area contributed by atoms with Gasteiger partial charge in [-0.3, -0.25) is 0 Å². The number of aliphatic hydroxyl groups excluding tert-OH is 1. The molecular formula is C13H24N5O+. The first-order valence-corrected chi connectivity index (χ1v) is 7.61. The molecule has 3 rings (SSSR count). The highest BCUT2D eigenvalue weighted by atomic mass is 16.3. The molecule has 1 aliphatic heterocycles. The van der Waals surface area contributed by atoms with Gasteiger partial charge in [0.15, 0.2) is 0 Å². The third-order valence-corrected chi connectivity index (χ3v) is 4.55. The highest BCUT2D eigenvalue weighted by Gasteiger charge is 2.25. The van der Waals surface area contributed by atoms with Crippen molar-refractivity contribution in [2.45, 2.75) is 63.6 Å². The van der Waals surface area contributed by atoms with Gasteiger partial charge in [-0.15, -0.1) is 5.10 Å². The van der Waals surface area contributed by atoms with Gasteiger partial charge in [0.25, 0.3) is 0 Å². The van der Waals surface area contributed by atoms with Crippen molar-refractivity contribution in [3.05, 3.63) is 5.82 Å². The summed E-state index contributed by atoms with van der Waals surface area (Å²) >= 11 is 0. The summed E-state index contributed by atoms with van der Waals surface area (Å²) in [4.78, 5) is 1.50. The van der Waals surface area contributed by atoms with Crippen molar-refractivity contribution in [1.82, 2.24) is 20.2 Å². The molecule has 0 aromatic carbocycles. The van der Waals surface area contributed by atoms with E-state index in [0.717, 1.165) is 38.3 Å². The Morgan fingerprint density at radius 1 is 1.11 bits per heavy atom. The molecule has 0 unspecified atom stereocenters. The van der Waals surface area contributed by atoms with Gasteiger partial charge in [-0.1, -0.05) is 19.3 Å². The Labute approximate surface area is 113 Å². The maximum atomic E-state index is 9.55. The van der Waals surface area contributed by atoms with Gasteiger partial charge in [0.1, 0.15) is 6.54 Å². The lowest BCUT2D eigenvalue weighted by molar-refractivity contribution is -0.920. The summed E-state index contributed by atoms with van der Waals surface area (Å²) in [6, 6.07) is 0.508. The van der Waals surface area contributed by atoms with Crippen LogP contribution < -0.4 is 4.90 Å². The smallest absolute Gasteiger partial charge is 0.206 e. The van der Waals surface area contributed by atoms with E-state index in [9.17, 15) is 5.11 Å². The first kappa shape index (κ1) is 13.0. The predicted molar refractivity (Wildman–Crippen MR) is 69.6 cm³/mol. The van der Waals surface area contributed by atoms with Gasteiger partial charge in [0, 0.05) is 12.8 Å². The molecule has 6 heteroatoms. The molecule has 0 spiro atoms. The van der Waals surface area contributed by atoms with Gasteiger partial charge in [0.2, 0.25) is 5.82 Å². The maximum Gasteiger partial charge on any atom is 0.206 e. The van der Waals surface area contributed by atoms with Crippen LogP contribution in [0.15, 0.2) is 0 Å². The molecule has 0 atom stereocenters. The molecule has 0 radical (unpaired) electrons. The standard InChI is InChI=1S/C13H23N5O/c19-12-6-8-17(9-7-12)10-13-14-15-16-18(13)11-4-2-1-3-5-11/h11-12,19H,1-10H2/p+1. The van der Waals surface area contributed by atoms with Crippen LogP contribution in [0.5, 0.6) is 0 Å². The van der Waals surface area contributed by atoms with Gasteiger partial charge in [-0.05, 0) is 23.3 Å². The van der Waals surface area contributed by atoms with Crippen LogP contribution in [0.1, 0.15) is 56.8 Å². The van der Waals surface area contributed by atoms with Crippen LogP contribution in [0.25, 0.3) is 0 Å². The van der Waals surface area contributed by atoms with Gasteiger partial charge >= 0.3 is 0 Å². The second-order valence-electron chi connectivity index (χ2n) is 5.99. The van der Waals surface area contributed by atoms with Gasteiger partial charge < -0.3 is 10.0 Å². The van der Waals surface area contributed by atoms with E-state index in [1.54, 1.807) is 0 Å². The Balaban J connectivity index is 1.63. The average molecular weight is 266 g/mol. The second-order valence-corrected chi connectivity index (χ2v) is 5.99. The quantitative estimate of drug-likeness (QED) is 0.789. The van der Waals surface area contributed by atoms with E-state index >= 15 is 0 Å². The number of piperidine rings is 1. The van der Waals surface area contributed by atoms with Crippen LogP contribution in [0.2, 0.25) is 0 Å². The number of aromatic nitrogens is 4. The van der Waals surface area contributed by atoms with Crippen molar-refractivity contribution >= 4 is 0 Å². The summed E-state index contributed by atoms with van der Waals surface area (Å²) in [5, 5.41) is 21.9. The molecule has 0 bridgehead atoms. The average Bonchev–Trinajstić information content (AvgIpc) is 2.90. The van der Waals surface area contributed by atoms with E-state index in [1.165, 1.54) is 37.0 Å². The molecule has 106 valence electrons. The van der Waals surface area contributed by atoms with Gasteiger partial charge in [-0.25, -0.2) is 4.68 Å². The molecule has 19 heavy (non-hydrogen) atoms. The number of nitrogens with zero attached hydrogens (tertiary/aromatic N) is 4. The highest BCUT2D eigenvalue weighted by Crippen LogP contribution is 2.27. The van der Waals surface area contributed by atoms with Crippen molar-refractivity contribution in [2.75, 3.05) is 13.1 Å². The molecule has 1 saturated carbocycles. The minimum Gasteiger partial charge on any atom is -0.393 e. The molecule has 2 aliphatic rings. The molecular weight excluding hydrogens is 242 g/mol. The molecule has 6 nitrogen and oxygen atoms in total. The lowest BCUT2D eigenvalue weighted by Crippen LogP contribution is -3.12. The first-order chi connectivity index (χ1) is 9.33. The fraction of sp³-hybridized carbons (Fsp3) is 0.923. The second kappa shape index (κ2) is 5.96. The van der Waals surface area contributed by atoms with Gasteiger partial charge in [-0.2, -0.15) is 0 Å². The Morgan fingerprint density at radius 3 is 2.58 bits per heavy atom. The largest absolute Gasteiger partial charge is 0.393 e. The number of hydrogen-bond donors (Lipinski definition) is 2. The van der Waals surface area contributed by atoms with Crippen molar-refractivity contribution in [2.24, 2.45) is 0 Å². The number of quaternary nitrogens is 1. The molecule has 1 aromatic rings. The zero-order chi connectivity index (χ0) is 13.1. The SMILES string of the molecule is OC1CC[NH+](Cc2nnnn2C2CCCCC2)CC1. The van der Waals surface area contributed by atoms with Crippen LogP contribution in [0.4, 0.5) is 0 Å². The van der Waals surface area contributed by atoms with Crippen molar-refractivity contribution < 1.29 is 10.0 Å². The maximum absolute atomic E-state index is 9.55. The fourth-order valence-electron chi connectivity index (χ4n) is 3.35. The van der Waals surface area contributed by atoms with Crippen LogP contribution >= 0.6 is 0 Å². The molecule has 2 heterocycles.